The van der Waals surface area contributed by atoms with Crippen LogP contribution < -0.4 is 10.6 Å². The molecule has 0 aromatic heterocycles. The van der Waals surface area contributed by atoms with Crippen LogP contribution in [0.2, 0.25) is 0 Å². The van der Waals surface area contributed by atoms with Crippen molar-refractivity contribution in [1.82, 2.24) is 0 Å². The van der Waals surface area contributed by atoms with Gasteiger partial charge in [0.05, 0.1) is 0 Å². The largest absolute Gasteiger partial charge is 0.378 e. The Morgan fingerprint density at radius 3 is 2.18 bits per heavy atom. The molecule has 1 aromatic rings. The Bertz CT molecular complexity index is 336. The third kappa shape index (κ3) is 3.01. The highest BCUT2D eigenvalue weighted by atomic mass is 15.1. The molecular weight excluding hydrogens is 208 g/mol. The van der Waals surface area contributed by atoms with E-state index in [0.29, 0.717) is 5.92 Å². The van der Waals surface area contributed by atoms with Crippen LogP contribution in [0.3, 0.4) is 0 Å². The lowest BCUT2D eigenvalue weighted by Gasteiger charge is -2.28. The van der Waals surface area contributed by atoms with Gasteiger partial charge in [-0.3, -0.25) is 0 Å². The lowest BCUT2D eigenvalue weighted by Crippen LogP contribution is -2.23. The first-order chi connectivity index (χ1) is 8.18. The number of hydrogen-bond donors (Lipinski definition) is 1. The third-order valence-corrected chi connectivity index (χ3v) is 3.95. The van der Waals surface area contributed by atoms with Crippen molar-refractivity contribution in [2.24, 2.45) is 11.7 Å². The van der Waals surface area contributed by atoms with Crippen molar-refractivity contribution in [1.29, 1.82) is 0 Å². The first kappa shape index (κ1) is 12.4. The summed E-state index contributed by atoms with van der Waals surface area (Å²) in [5, 5.41) is 0. The van der Waals surface area contributed by atoms with Gasteiger partial charge in [0.15, 0.2) is 0 Å². The smallest absolute Gasteiger partial charge is 0.0361 e. The summed E-state index contributed by atoms with van der Waals surface area (Å²) in [5.74, 6) is 0.689. The molecule has 0 radical (unpaired) electrons. The fraction of sp³-hybridized carbons (Fsp3) is 0.600. The fourth-order valence-corrected chi connectivity index (χ4v) is 2.76. The van der Waals surface area contributed by atoms with E-state index in [2.05, 4.69) is 43.3 Å². The minimum atomic E-state index is 0.228. The van der Waals surface area contributed by atoms with Gasteiger partial charge in [-0.2, -0.15) is 0 Å². The van der Waals surface area contributed by atoms with E-state index in [1.165, 1.54) is 43.4 Å². The van der Waals surface area contributed by atoms with Gasteiger partial charge in [-0.05, 0) is 36.5 Å². The SMILES string of the molecule is CN(C)c1ccc(C(N)C2CCCCC2)cc1. The van der Waals surface area contributed by atoms with Gasteiger partial charge in [0.25, 0.3) is 0 Å². The molecule has 1 saturated carbocycles. The van der Waals surface area contributed by atoms with E-state index in [4.69, 9.17) is 5.73 Å². The summed E-state index contributed by atoms with van der Waals surface area (Å²) in [4.78, 5) is 2.12. The molecule has 0 heterocycles. The summed E-state index contributed by atoms with van der Waals surface area (Å²) in [6.45, 7) is 0. The lowest BCUT2D eigenvalue weighted by atomic mass is 9.81. The molecule has 1 aliphatic carbocycles. The van der Waals surface area contributed by atoms with Crippen LogP contribution in [-0.2, 0) is 0 Å². The highest BCUT2D eigenvalue weighted by Gasteiger charge is 2.21. The van der Waals surface area contributed by atoms with Crippen LogP contribution in [0.15, 0.2) is 24.3 Å². The molecule has 2 nitrogen and oxygen atoms in total. The molecule has 0 saturated heterocycles. The van der Waals surface area contributed by atoms with Gasteiger partial charge in [0.1, 0.15) is 0 Å². The standard InChI is InChI=1S/C15H24N2/c1-17(2)14-10-8-13(9-11-14)15(16)12-6-4-3-5-7-12/h8-12,15H,3-7,16H2,1-2H3. The van der Waals surface area contributed by atoms with Crippen molar-refractivity contribution >= 4 is 5.69 Å². The zero-order chi connectivity index (χ0) is 12.3. The van der Waals surface area contributed by atoms with Crippen molar-refractivity contribution < 1.29 is 0 Å². The van der Waals surface area contributed by atoms with E-state index < -0.39 is 0 Å². The van der Waals surface area contributed by atoms with Crippen LogP contribution in [0.5, 0.6) is 0 Å². The number of benzene rings is 1. The Morgan fingerprint density at radius 1 is 1.06 bits per heavy atom. The number of anilines is 1. The Hall–Kier alpha value is -1.02. The van der Waals surface area contributed by atoms with Crippen molar-refractivity contribution in [3.63, 3.8) is 0 Å². The van der Waals surface area contributed by atoms with Gasteiger partial charge in [0, 0.05) is 25.8 Å². The minimum Gasteiger partial charge on any atom is -0.378 e. The van der Waals surface area contributed by atoms with Crippen molar-refractivity contribution in [2.45, 2.75) is 38.1 Å². The predicted molar refractivity (Wildman–Crippen MR) is 74.3 cm³/mol. The van der Waals surface area contributed by atoms with Gasteiger partial charge in [0.2, 0.25) is 0 Å². The van der Waals surface area contributed by atoms with E-state index >= 15 is 0 Å². The third-order valence-electron chi connectivity index (χ3n) is 3.95. The molecule has 94 valence electrons. The van der Waals surface area contributed by atoms with E-state index in [0.717, 1.165) is 0 Å². The molecule has 0 spiro atoms. The molecule has 17 heavy (non-hydrogen) atoms. The molecular formula is C15H24N2. The first-order valence-corrected chi connectivity index (χ1v) is 6.71. The van der Waals surface area contributed by atoms with E-state index in [1.54, 1.807) is 0 Å². The maximum Gasteiger partial charge on any atom is 0.0361 e. The van der Waals surface area contributed by atoms with Crippen molar-refractivity contribution in [3.8, 4) is 0 Å². The topological polar surface area (TPSA) is 29.3 Å². The van der Waals surface area contributed by atoms with Gasteiger partial charge in [-0.25, -0.2) is 0 Å². The van der Waals surface area contributed by atoms with Gasteiger partial charge < -0.3 is 10.6 Å². The Balaban J connectivity index is 2.05. The molecule has 1 aromatic carbocycles. The van der Waals surface area contributed by atoms with E-state index in [-0.39, 0.29) is 6.04 Å². The first-order valence-electron chi connectivity index (χ1n) is 6.71. The van der Waals surface area contributed by atoms with Crippen LogP contribution in [-0.4, -0.2) is 14.1 Å². The Morgan fingerprint density at radius 2 is 1.65 bits per heavy atom. The quantitative estimate of drug-likeness (QED) is 0.866. The van der Waals surface area contributed by atoms with Crippen LogP contribution in [0.1, 0.15) is 43.7 Å². The molecule has 2 rings (SSSR count). The normalized spacial score (nSPS) is 19.0. The Labute approximate surface area is 105 Å². The van der Waals surface area contributed by atoms with E-state index in [9.17, 15) is 0 Å². The molecule has 1 atom stereocenters. The minimum absolute atomic E-state index is 0.228. The molecule has 2 heteroatoms. The summed E-state index contributed by atoms with van der Waals surface area (Å²) in [6, 6.07) is 8.94. The maximum absolute atomic E-state index is 6.38. The molecule has 1 aliphatic rings. The molecule has 0 bridgehead atoms. The van der Waals surface area contributed by atoms with Gasteiger partial charge >= 0.3 is 0 Å². The zero-order valence-electron chi connectivity index (χ0n) is 11.0. The summed E-state index contributed by atoms with van der Waals surface area (Å²) >= 11 is 0. The van der Waals surface area contributed by atoms with E-state index in [1.807, 2.05) is 0 Å². The summed E-state index contributed by atoms with van der Waals surface area (Å²) in [5.41, 5.74) is 8.92. The summed E-state index contributed by atoms with van der Waals surface area (Å²) < 4.78 is 0. The highest BCUT2D eigenvalue weighted by molar-refractivity contribution is 5.46. The molecule has 0 aliphatic heterocycles. The lowest BCUT2D eigenvalue weighted by molar-refractivity contribution is 0.308. The zero-order valence-corrected chi connectivity index (χ0v) is 11.0. The van der Waals surface area contributed by atoms with Crippen molar-refractivity contribution in [2.75, 3.05) is 19.0 Å². The molecule has 1 unspecified atom stereocenters. The number of rotatable bonds is 3. The van der Waals surface area contributed by atoms with Gasteiger partial charge in [-0.1, -0.05) is 31.4 Å². The van der Waals surface area contributed by atoms with Crippen LogP contribution in [0, 0.1) is 5.92 Å². The van der Waals surface area contributed by atoms with Crippen LogP contribution >= 0.6 is 0 Å². The van der Waals surface area contributed by atoms with Crippen LogP contribution in [0.25, 0.3) is 0 Å². The van der Waals surface area contributed by atoms with Crippen molar-refractivity contribution in [3.05, 3.63) is 29.8 Å². The second-order valence-electron chi connectivity index (χ2n) is 5.41. The number of nitrogens with two attached hydrogens (primary N) is 1. The van der Waals surface area contributed by atoms with Crippen LogP contribution in [0.4, 0.5) is 5.69 Å². The molecule has 0 amide bonds. The number of nitrogens with zero attached hydrogens (tertiary/aromatic N) is 1. The second kappa shape index (κ2) is 5.54. The van der Waals surface area contributed by atoms with Gasteiger partial charge in [-0.15, -0.1) is 0 Å². The molecule has 1 fully saturated rings. The average Bonchev–Trinajstić information content (AvgIpc) is 2.39. The average molecular weight is 232 g/mol. The summed E-state index contributed by atoms with van der Waals surface area (Å²) in [6.07, 6.45) is 6.71. The predicted octanol–water partition coefficient (Wildman–Crippen LogP) is 3.33. The number of hydrogen-bond acceptors (Lipinski definition) is 2. The molecule has 2 N–H and O–H groups in total. The maximum atomic E-state index is 6.38. The summed E-state index contributed by atoms with van der Waals surface area (Å²) in [7, 11) is 4.13. The monoisotopic (exact) mass is 232 g/mol. The fourth-order valence-electron chi connectivity index (χ4n) is 2.76. The Kier molecular flexibility index (Phi) is 4.06. The highest BCUT2D eigenvalue weighted by Crippen LogP contribution is 2.33. The second-order valence-corrected chi connectivity index (χ2v) is 5.41.